The molecule has 2 heterocycles. The Balaban J connectivity index is 1.76. The highest BCUT2D eigenvalue weighted by Gasteiger charge is 2.25. The van der Waals surface area contributed by atoms with Crippen molar-refractivity contribution in [1.29, 1.82) is 0 Å². The number of hydrogen-bond donors (Lipinski definition) is 1. The van der Waals surface area contributed by atoms with Gasteiger partial charge in [-0.1, -0.05) is 36.8 Å². The Bertz CT molecular complexity index is 1070. The van der Waals surface area contributed by atoms with E-state index in [-0.39, 0.29) is 10.9 Å². The molecule has 0 radical (unpaired) electrons. The van der Waals surface area contributed by atoms with Gasteiger partial charge in [-0.05, 0) is 57.1 Å². The zero-order valence-electron chi connectivity index (χ0n) is 16.4. The summed E-state index contributed by atoms with van der Waals surface area (Å²) in [5, 5.41) is 5.22. The van der Waals surface area contributed by atoms with Gasteiger partial charge in [-0.3, -0.25) is 4.90 Å². The summed E-state index contributed by atoms with van der Waals surface area (Å²) >= 11 is 0. The third-order valence-corrected chi connectivity index (χ3v) is 6.36. The zero-order valence-corrected chi connectivity index (χ0v) is 17.2. The Morgan fingerprint density at radius 2 is 1.62 bits per heavy atom. The lowest BCUT2D eigenvalue weighted by atomic mass is 10.1. The maximum Gasteiger partial charge on any atom is 0.238 e. The molecule has 1 fully saturated rings. The molecule has 2 aromatic carbocycles. The van der Waals surface area contributed by atoms with E-state index < -0.39 is 10.0 Å². The minimum Gasteiger partial charge on any atom is -0.438 e. The van der Waals surface area contributed by atoms with Gasteiger partial charge in [0.25, 0.3) is 0 Å². The molecular weight excluding hydrogens is 386 g/mol. The van der Waals surface area contributed by atoms with Crippen molar-refractivity contribution >= 4 is 10.0 Å². The summed E-state index contributed by atoms with van der Waals surface area (Å²) < 4.78 is 29.4. The third-order valence-electron chi connectivity index (χ3n) is 5.43. The van der Waals surface area contributed by atoms with E-state index in [9.17, 15) is 8.42 Å². The molecule has 2 N–H and O–H groups in total. The van der Waals surface area contributed by atoms with Gasteiger partial charge in [0.2, 0.25) is 15.9 Å². The summed E-state index contributed by atoms with van der Waals surface area (Å²) in [5.74, 6) is 1.31. The average molecular weight is 412 g/mol. The number of aromatic nitrogens is 1. The fraction of sp³-hybridized carbons (Fsp3) is 0.318. The van der Waals surface area contributed by atoms with Crippen LogP contribution in [0, 0.1) is 0 Å². The van der Waals surface area contributed by atoms with Gasteiger partial charge in [0.05, 0.1) is 10.9 Å². The number of sulfonamides is 1. The number of nitrogens with zero attached hydrogens (tertiary/aromatic N) is 2. The molecule has 29 heavy (non-hydrogen) atoms. The smallest absolute Gasteiger partial charge is 0.238 e. The molecule has 6 nitrogen and oxygen atoms in total. The summed E-state index contributed by atoms with van der Waals surface area (Å²) in [6.45, 7) is 4.21. The highest BCUT2D eigenvalue weighted by atomic mass is 32.2. The molecule has 1 aromatic heterocycles. The Kier molecular flexibility index (Phi) is 5.54. The van der Waals surface area contributed by atoms with Gasteiger partial charge in [0.15, 0.2) is 5.76 Å². The number of oxazole rings is 1. The SMILES string of the molecule is CC(c1nc(-c2ccccc2)c(-c2ccc(S(N)(=O)=O)cc2)o1)N1CCCCC1. The zero-order chi connectivity index (χ0) is 20.4. The molecule has 1 atom stereocenters. The normalized spacial score (nSPS) is 16.6. The molecule has 0 saturated carbocycles. The van der Waals surface area contributed by atoms with Crippen LogP contribution in [-0.4, -0.2) is 31.4 Å². The van der Waals surface area contributed by atoms with Crippen LogP contribution in [-0.2, 0) is 10.0 Å². The van der Waals surface area contributed by atoms with Gasteiger partial charge in [-0.25, -0.2) is 18.5 Å². The fourth-order valence-corrected chi connectivity index (χ4v) is 4.28. The average Bonchev–Trinajstić information content (AvgIpc) is 3.19. The van der Waals surface area contributed by atoms with Gasteiger partial charge >= 0.3 is 0 Å². The molecule has 0 spiro atoms. The van der Waals surface area contributed by atoms with E-state index in [2.05, 4.69) is 11.8 Å². The number of nitrogens with two attached hydrogens (primary N) is 1. The van der Waals surface area contributed by atoms with Gasteiger partial charge < -0.3 is 4.42 Å². The Labute approximate surface area is 171 Å². The van der Waals surface area contributed by atoms with Gasteiger partial charge in [-0.2, -0.15) is 0 Å². The molecule has 152 valence electrons. The number of hydrogen-bond acceptors (Lipinski definition) is 5. The third kappa shape index (κ3) is 4.27. The molecule has 3 aromatic rings. The fourth-order valence-electron chi connectivity index (χ4n) is 3.76. The van der Waals surface area contributed by atoms with Crippen molar-refractivity contribution in [1.82, 2.24) is 9.88 Å². The molecule has 1 aliphatic rings. The quantitative estimate of drug-likeness (QED) is 0.679. The van der Waals surface area contributed by atoms with Crippen LogP contribution in [0.25, 0.3) is 22.6 Å². The van der Waals surface area contributed by atoms with E-state index >= 15 is 0 Å². The standard InChI is InChI=1S/C22H25N3O3S/c1-16(25-14-6-3-7-15-25)22-24-20(17-8-4-2-5-9-17)21(28-22)18-10-12-19(13-11-18)29(23,26)27/h2,4-5,8-13,16H,3,6-7,14-15H2,1H3,(H2,23,26,27). The summed E-state index contributed by atoms with van der Waals surface area (Å²) in [5.41, 5.74) is 2.48. The van der Waals surface area contributed by atoms with Crippen LogP contribution in [0.5, 0.6) is 0 Å². The molecule has 0 amide bonds. The van der Waals surface area contributed by atoms with Crippen LogP contribution in [0.15, 0.2) is 63.9 Å². The Morgan fingerprint density at radius 3 is 2.24 bits per heavy atom. The second-order valence-corrected chi connectivity index (χ2v) is 9.00. The molecular formula is C22H25N3O3S. The lowest BCUT2D eigenvalue weighted by Crippen LogP contribution is -2.32. The molecule has 1 aliphatic heterocycles. The first-order valence-corrected chi connectivity index (χ1v) is 11.4. The summed E-state index contributed by atoms with van der Waals surface area (Å²) in [6, 6.07) is 16.4. The van der Waals surface area contributed by atoms with Crippen LogP contribution in [0.1, 0.15) is 38.1 Å². The second kappa shape index (κ2) is 8.10. The molecule has 0 aliphatic carbocycles. The van der Waals surface area contributed by atoms with Crippen LogP contribution in [0.4, 0.5) is 0 Å². The minimum atomic E-state index is -3.74. The number of benzene rings is 2. The first kappa shape index (κ1) is 19.8. The number of primary sulfonamides is 1. The van der Waals surface area contributed by atoms with Crippen LogP contribution < -0.4 is 5.14 Å². The maximum atomic E-state index is 11.6. The summed E-state index contributed by atoms with van der Waals surface area (Å²) in [7, 11) is -3.74. The molecule has 7 heteroatoms. The predicted molar refractivity (Wildman–Crippen MR) is 113 cm³/mol. The van der Waals surface area contributed by atoms with Crippen molar-refractivity contribution in [3.8, 4) is 22.6 Å². The van der Waals surface area contributed by atoms with Crippen molar-refractivity contribution in [3.63, 3.8) is 0 Å². The van der Waals surface area contributed by atoms with Gasteiger partial charge in [0.1, 0.15) is 5.69 Å². The Hall–Kier alpha value is -2.48. The topological polar surface area (TPSA) is 89.4 Å². The first-order valence-electron chi connectivity index (χ1n) is 9.87. The Morgan fingerprint density at radius 1 is 0.966 bits per heavy atom. The highest BCUT2D eigenvalue weighted by Crippen LogP contribution is 2.36. The van der Waals surface area contributed by atoms with Gasteiger partial charge in [-0.15, -0.1) is 0 Å². The van der Waals surface area contributed by atoms with E-state index in [1.807, 2.05) is 30.3 Å². The van der Waals surface area contributed by atoms with Crippen molar-refractivity contribution in [2.75, 3.05) is 13.1 Å². The predicted octanol–water partition coefficient (Wildman–Crippen LogP) is 4.20. The van der Waals surface area contributed by atoms with Crippen molar-refractivity contribution < 1.29 is 12.8 Å². The van der Waals surface area contributed by atoms with Crippen molar-refractivity contribution in [2.45, 2.75) is 37.1 Å². The maximum absolute atomic E-state index is 11.6. The number of likely N-dealkylation sites (tertiary alicyclic amines) is 1. The first-order chi connectivity index (χ1) is 13.9. The molecule has 0 bridgehead atoms. The second-order valence-electron chi connectivity index (χ2n) is 7.44. The van der Waals surface area contributed by atoms with Crippen molar-refractivity contribution in [3.05, 3.63) is 60.5 Å². The molecule has 1 unspecified atom stereocenters. The summed E-state index contributed by atoms with van der Waals surface area (Å²) in [4.78, 5) is 7.33. The number of rotatable bonds is 5. The van der Waals surface area contributed by atoms with Crippen LogP contribution in [0.3, 0.4) is 0 Å². The minimum absolute atomic E-state index is 0.0731. The molecule has 4 rings (SSSR count). The monoisotopic (exact) mass is 411 g/mol. The largest absolute Gasteiger partial charge is 0.438 e. The van der Waals surface area contributed by atoms with E-state index in [4.69, 9.17) is 14.5 Å². The van der Waals surface area contributed by atoms with E-state index in [0.717, 1.165) is 29.9 Å². The van der Waals surface area contributed by atoms with Crippen LogP contribution >= 0.6 is 0 Å². The number of piperidine rings is 1. The highest BCUT2D eigenvalue weighted by molar-refractivity contribution is 7.89. The van der Waals surface area contributed by atoms with E-state index in [1.54, 1.807) is 12.1 Å². The lowest BCUT2D eigenvalue weighted by molar-refractivity contribution is 0.153. The van der Waals surface area contributed by atoms with Gasteiger partial charge in [0, 0.05) is 11.1 Å². The van der Waals surface area contributed by atoms with Crippen molar-refractivity contribution in [2.24, 2.45) is 5.14 Å². The summed E-state index contributed by atoms with van der Waals surface area (Å²) in [6.07, 6.45) is 3.66. The van der Waals surface area contributed by atoms with E-state index in [1.165, 1.54) is 31.4 Å². The lowest BCUT2D eigenvalue weighted by Gasteiger charge is -2.30. The molecule has 1 saturated heterocycles. The van der Waals surface area contributed by atoms with E-state index in [0.29, 0.717) is 11.7 Å². The van der Waals surface area contributed by atoms with Crippen LogP contribution in [0.2, 0.25) is 0 Å².